The molecule has 142 valence electrons. The van der Waals surface area contributed by atoms with Crippen LogP contribution in [-0.2, 0) is 4.74 Å². The maximum Gasteiger partial charge on any atom is 0.186 e. The summed E-state index contributed by atoms with van der Waals surface area (Å²) in [6.45, 7) is 4.90. The van der Waals surface area contributed by atoms with Crippen LogP contribution in [0.4, 0.5) is 10.9 Å². The number of aromatic hydroxyl groups is 1. The molecule has 8 heteroatoms. The Bertz CT molecular complexity index is 1050. The van der Waals surface area contributed by atoms with Gasteiger partial charge in [0.25, 0.3) is 0 Å². The van der Waals surface area contributed by atoms with Crippen molar-refractivity contribution in [1.82, 2.24) is 9.97 Å². The number of hydrogen-bond donors (Lipinski definition) is 2. The van der Waals surface area contributed by atoms with Crippen LogP contribution in [0.5, 0.6) is 5.75 Å². The Kier molecular flexibility index (Phi) is 4.86. The Labute approximate surface area is 166 Å². The molecule has 1 aliphatic heterocycles. The topological polar surface area (TPSA) is 108 Å². The van der Waals surface area contributed by atoms with Gasteiger partial charge in [0.15, 0.2) is 5.13 Å². The number of hydrogen-bond acceptors (Lipinski definition) is 8. The van der Waals surface area contributed by atoms with Gasteiger partial charge in [-0.3, -0.25) is 0 Å². The van der Waals surface area contributed by atoms with Gasteiger partial charge in [-0.15, -0.1) is 0 Å². The third-order valence-electron chi connectivity index (χ3n) is 4.74. The van der Waals surface area contributed by atoms with Crippen LogP contribution in [0.3, 0.4) is 0 Å². The molecular weight excluding hydrogens is 374 g/mol. The van der Waals surface area contributed by atoms with Crippen molar-refractivity contribution in [2.45, 2.75) is 6.92 Å². The molecule has 0 atom stereocenters. The highest BCUT2D eigenvalue weighted by atomic mass is 32.1. The number of thiazole rings is 1. The minimum Gasteiger partial charge on any atom is -0.508 e. The molecule has 2 aromatic heterocycles. The van der Waals surface area contributed by atoms with Gasteiger partial charge < -0.3 is 20.5 Å². The molecule has 1 aromatic carbocycles. The number of nitrogens with zero attached hydrogens (tertiary/aromatic N) is 4. The SMILES string of the molecule is Cc1c(-c2ccc(O)cc2)nc(N)c(C#N)c1-c1cnc(N2CCOCC2)s1. The molecule has 0 bridgehead atoms. The number of phenols is 1. The molecule has 1 fully saturated rings. The van der Waals surface area contributed by atoms with E-state index < -0.39 is 0 Å². The summed E-state index contributed by atoms with van der Waals surface area (Å²) in [5.74, 6) is 0.369. The van der Waals surface area contributed by atoms with E-state index in [9.17, 15) is 10.4 Å². The zero-order chi connectivity index (χ0) is 19.7. The van der Waals surface area contributed by atoms with Crippen molar-refractivity contribution in [1.29, 1.82) is 5.26 Å². The molecule has 0 amide bonds. The first kappa shape index (κ1) is 18.2. The number of phenolic OH excluding ortho intramolecular Hbond substituents is 1. The summed E-state index contributed by atoms with van der Waals surface area (Å²) in [4.78, 5) is 12.1. The van der Waals surface area contributed by atoms with E-state index in [0.29, 0.717) is 24.5 Å². The quantitative estimate of drug-likeness (QED) is 0.703. The van der Waals surface area contributed by atoms with Crippen molar-refractivity contribution >= 4 is 22.3 Å². The Hall–Kier alpha value is -3.15. The third-order valence-corrected chi connectivity index (χ3v) is 5.82. The van der Waals surface area contributed by atoms with Gasteiger partial charge in [0.05, 0.1) is 23.8 Å². The predicted molar refractivity (Wildman–Crippen MR) is 109 cm³/mol. The van der Waals surface area contributed by atoms with Crippen LogP contribution in [0.1, 0.15) is 11.1 Å². The monoisotopic (exact) mass is 393 g/mol. The van der Waals surface area contributed by atoms with Crippen molar-refractivity contribution < 1.29 is 9.84 Å². The van der Waals surface area contributed by atoms with Gasteiger partial charge in [0.2, 0.25) is 0 Å². The van der Waals surface area contributed by atoms with E-state index in [0.717, 1.165) is 39.8 Å². The van der Waals surface area contributed by atoms with Crippen molar-refractivity contribution in [3.63, 3.8) is 0 Å². The first-order valence-corrected chi connectivity index (χ1v) is 9.68. The van der Waals surface area contributed by atoms with Crippen molar-refractivity contribution in [3.05, 3.63) is 41.6 Å². The van der Waals surface area contributed by atoms with E-state index in [2.05, 4.69) is 20.9 Å². The molecular formula is C20H19N5O2S. The zero-order valence-corrected chi connectivity index (χ0v) is 16.2. The highest BCUT2D eigenvalue weighted by molar-refractivity contribution is 7.19. The Balaban J connectivity index is 1.83. The fourth-order valence-corrected chi connectivity index (χ4v) is 4.37. The lowest BCUT2D eigenvalue weighted by atomic mass is 9.97. The molecule has 28 heavy (non-hydrogen) atoms. The van der Waals surface area contributed by atoms with Crippen molar-refractivity contribution in [2.75, 3.05) is 36.9 Å². The molecule has 1 aliphatic rings. The first-order chi connectivity index (χ1) is 13.6. The summed E-state index contributed by atoms with van der Waals surface area (Å²) in [6.07, 6.45) is 1.79. The first-order valence-electron chi connectivity index (χ1n) is 8.87. The number of morpholine rings is 1. The largest absolute Gasteiger partial charge is 0.508 e. The Morgan fingerprint density at radius 2 is 1.96 bits per heavy atom. The molecule has 0 radical (unpaired) electrons. The van der Waals surface area contributed by atoms with Gasteiger partial charge in [-0.1, -0.05) is 11.3 Å². The maximum atomic E-state index is 9.69. The number of nitrogen functional groups attached to an aromatic ring is 1. The van der Waals surface area contributed by atoms with E-state index in [-0.39, 0.29) is 11.6 Å². The zero-order valence-electron chi connectivity index (χ0n) is 15.3. The molecule has 7 nitrogen and oxygen atoms in total. The molecule has 3 heterocycles. The summed E-state index contributed by atoms with van der Waals surface area (Å²) in [5.41, 5.74) is 9.62. The van der Waals surface area contributed by atoms with Gasteiger partial charge in [0.1, 0.15) is 23.2 Å². The van der Waals surface area contributed by atoms with Gasteiger partial charge in [-0.25, -0.2) is 9.97 Å². The number of nitrogens with two attached hydrogens (primary N) is 1. The standard InChI is InChI=1S/C20H19N5O2S/c1-12-17(16-11-23-20(28-16)25-6-8-27-9-7-25)15(10-21)19(22)24-18(12)13-2-4-14(26)5-3-13/h2-5,11,26H,6-9H2,1H3,(H2,22,24). The number of benzene rings is 1. The summed E-state index contributed by atoms with van der Waals surface area (Å²) in [7, 11) is 0. The second-order valence-electron chi connectivity index (χ2n) is 6.49. The van der Waals surface area contributed by atoms with E-state index in [4.69, 9.17) is 10.5 Å². The lowest BCUT2D eigenvalue weighted by Gasteiger charge is -2.26. The second kappa shape index (κ2) is 7.46. The molecule has 0 saturated carbocycles. The maximum absolute atomic E-state index is 9.69. The van der Waals surface area contributed by atoms with E-state index in [1.54, 1.807) is 30.5 Å². The van der Waals surface area contributed by atoms with Crippen molar-refractivity contribution in [3.8, 4) is 33.5 Å². The highest BCUT2D eigenvalue weighted by Crippen LogP contribution is 2.40. The van der Waals surface area contributed by atoms with Crippen molar-refractivity contribution in [2.24, 2.45) is 0 Å². The Morgan fingerprint density at radius 3 is 2.64 bits per heavy atom. The molecule has 4 rings (SSSR count). The summed E-state index contributed by atoms with van der Waals surface area (Å²) in [6, 6.07) is 8.97. The van der Waals surface area contributed by atoms with Gasteiger partial charge in [-0.2, -0.15) is 5.26 Å². The number of pyridine rings is 1. The van der Waals surface area contributed by atoms with Crippen LogP contribution in [0.2, 0.25) is 0 Å². The molecule has 0 spiro atoms. The van der Waals surface area contributed by atoms with Gasteiger partial charge in [-0.05, 0) is 36.8 Å². The van der Waals surface area contributed by atoms with E-state index in [1.165, 1.54) is 11.3 Å². The smallest absolute Gasteiger partial charge is 0.186 e. The average Bonchev–Trinajstić information content (AvgIpc) is 3.20. The fraction of sp³-hybridized carbons (Fsp3) is 0.250. The third kappa shape index (κ3) is 3.26. The van der Waals surface area contributed by atoms with Gasteiger partial charge >= 0.3 is 0 Å². The van der Waals surface area contributed by atoms with Gasteiger partial charge in [0, 0.05) is 30.4 Å². The number of nitriles is 1. The highest BCUT2D eigenvalue weighted by Gasteiger charge is 2.22. The minimum atomic E-state index is 0.181. The molecule has 0 aliphatic carbocycles. The van der Waals surface area contributed by atoms with E-state index in [1.807, 2.05) is 6.92 Å². The fourth-order valence-electron chi connectivity index (χ4n) is 3.30. The van der Waals surface area contributed by atoms with Crippen LogP contribution in [-0.4, -0.2) is 41.4 Å². The summed E-state index contributed by atoms with van der Waals surface area (Å²) >= 11 is 1.54. The normalized spacial score (nSPS) is 14.1. The van der Waals surface area contributed by atoms with Crippen LogP contribution in [0, 0.1) is 18.3 Å². The number of anilines is 2. The summed E-state index contributed by atoms with van der Waals surface area (Å²) in [5, 5.41) is 20.2. The van der Waals surface area contributed by atoms with E-state index >= 15 is 0 Å². The lowest BCUT2D eigenvalue weighted by Crippen LogP contribution is -2.36. The lowest BCUT2D eigenvalue weighted by molar-refractivity contribution is 0.122. The average molecular weight is 393 g/mol. The molecule has 0 unspecified atom stereocenters. The van der Waals surface area contributed by atoms with Crippen LogP contribution in [0.25, 0.3) is 21.7 Å². The molecule has 1 saturated heterocycles. The minimum absolute atomic E-state index is 0.181. The van der Waals surface area contributed by atoms with Crippen LogP contribution < -0.4 is 10.6 Å². The second-order valence-corrected chi connectivity index (χ2v) is 7.49. The number of ether oxygens (including phenoxy) is 1. The number of aromatic nitrogens is 2. The Morgan fingerprint density at radius 1 is 1.25 bits per heavy atom. The summed E-state index contributed by atoms with van der Waals surface area (Å²) < 4.78 is 5.41. The molecule has 3 aromatic rings. The van der Waals surface area contributed by atoms with Crippen LogP contribution >= 0.6 is 11.3 Å². The molecule has 3 N–H and O–H groups in total. The predicted octanol–water partition coefficient (Wildman–Crippen LogP) is 3.18. The van der Waals surface area contributed by atoms with Crippen LogP contribution in [0.15, 0.2) is 30.5 Å². The number of rotatable bonds is 3.